The zero-order valence-corrected chi connectivity index (χ0v) is 11.9. The standard InChI is InChI=1S/C12H20N4O2S/c1-10(12-9-14-4-5-15-12)19(17,18)16-6-2-11(8-13)3-7-16/h4-5,9-11H,2-3,6-8,13H2,1H3. The van der Waals surface area contributed by atoms with Crippen molar-refractivity contribution in [2.24, 2.45) is 11.7 Å². The summed E-state index contributed by atoms with van der Waals surface area (Å²) in [6, 6.07) is 0. The molecule has 1 unspecified atom stereocenters. The number of hydrogen-bond acceptors (Lipinski definition) is 5. The van der Waals surface area contributed by atoms with Gasteiger partial charge in [-0.3, -0.25) is 9.97 Å². The van der Waals surface area contributed by atoms with Gasteiger partial charge >= 0.3 is 0 Å². The fourth-order valence-corrected chi connectivity index (χ4v) is 3.89. The summed E-state index contributed by atoms with van der Waals surface area (Å²) in [5, 5.41) is -0.657. The molecule has 0 spiro atoms. The molecule has 19 heavy (non-hydrogen) atoms. The Balaban J connectivity index is 2.11. The maximum absolute atomic E-state index is 12.5. The Morgan fingerprint density at radius 3 is 2.63 bits per heavy atom. The molecular weight excluding hydrogens is 264 g/mol. The molecule has 0 saturated carbocycles. The summed E-state index contributed by atoms with van der Waals surface area (Å²) >= 11 is 0. The van der Waals surface area contributed by atoms with Crippen LogP contribution >= 0.6 is 0 Å². The van der Waals surface area contributed by atoms with Crippen LogP contribution in [0.5, 0.6) is 0 Å². The van der Waals surface area contributed by atoms with Crippen molar-refractivity contribution in [2.45, 2.75) is 25.0 Å². The van der Waals surface area contributed by atoms with E-state index in [2.05, 4.69) is 9.97 Å². The minimum atomic E-state index is -3.36. The molecule has 0 amide bonds. The molecule has 6 nitrogen and oxygen atoms in total. The Bertz CT molecular complexity index is 498. The number of aromatic nitrogens is 2. The molecule has 1 aliphatic rings. The van der Waals surface area contributed by atoms with E-state index < -0.39 is 15.3 Å². The molecule has 106 valence electrons. The smallest absolute Gasteiger partial charge is 0.222 e. The maximum Gasteiger partial charge on any atom is 0.222 e. The minimum Gasteiger partial charge on any atom is -0.330 e. The van der Waals surface area contributed by atoms with Crippen LogP contribution in [0.4, 0.5) is 0 Å². The van der Waals surface area contributed by atoms with Crippen molar-refractivity contribution < 1.29 is 8.42 Å². The van der Waals surface area contributed by atoms with Crippen LogP contribution in [0.2, 0.25) is 0 Å². The second-order valence-corrected chi connectivity index (χ2v) is 7.15. The first-order valence-corrected chi connectivity index (χ1v) is 8.01. The van der Waals surface area contributed by atoms with Gasteiger partial charge in [0.2, 0.25) is 10.0 Å². The summed E-state index contributed by atoms with van der Waals surface area (Å²) in [5.74, 6) is 0.443. The Labute approximate surface area is 114 Å². The predicted molar refractivity (Wildman–Crippen MR) is 72.7 cm³/mol. The van der Waals surface area contributed by atoms with E-state index >= 15 is 0 Å². The third kappa shape index (κ3) is 3.10. The molecule has 0 aromatic carbocycles. The number of sulfonamides is 1. The monoisotopic (exact) mass is 284 g/mol. The molecule has 1 aromatic heterocycles. The topological polar surface area (TPSA) is 89.2 Å². The highest BCUT2D eigenvalue weighted by atomic mass is 32.2. The lowest BCUT2D eigenvalue weighted by Gasteiger charge is -2.32. The van der Waals surface area contributed by atoms with Crippen molar-refractivity contribution in [3.63, 3.8) is 0 Å². The van der Waals surface area contributed by atoms with Gasteiger partial charge in [-0.05, 0) is 32.2 Å². The minimum absolute atomic E-state index is 0.443. The maximum atomic E-state index is 12.5. The van der Waals surface area contributed by atoms with Gasteiger partial charge in [0.25, 0.3) is 0 Å². The van der Waals surface area contributed by atoms with E-state index in [0.717, 1.165) is 12.8 Å². The molecule has 2 N–H and O–H groups in total. The van der Waals surface area contributed by atoms with Crippen molar-refractivity contribution in [1.29, 1.82) is 0 Å². The summed E-state index contributed by atoms with van der Waals surface area (Å²) in [6.45, 7) is 3.39. The van der Waals surface area contributed by atoms with Crippen molar-refractivity contribution in [3.8, 4) is 0 Å². The number of nitrogens with zero attached hydrogens (tertiary/aromatic N) is 3. The third-order valence-corrected chi connectivity index (χ3v) is 5.93. The number of piperidine rings is 1. The normalized spacial score (nSPS) is 20.3. The van der Waals surface area contributed by atoms with Gasteiger partial charge in [-0.25, -0.2) is 12.7 Å². The van der Waals surface area contributed by atoms with Gasteiger partial charge in [0.15, 0.2) is 0 Å². The lowest BCUT2D eigenvalue weighted by Crippen LogP contribution is -2.41. The van der Waals surface area contributed by atoms with Crippen LogP contribution in [0.3, 0.4) is 0 Å². The summed E-state index contributed by atoms with van der Waals surface area (Å²) < 4.78 is 26.6. The Morgan fingerprint density at radius 1 is 1.42 bits per heavy atom. The first-order chi connectivity index (χ1) is 9.05. The third-order valence-electron chi connectivity index (χ3n) is 3.71. The first-order valence-electron chi connectivity index (χ1n) is 6.50. The van der Waals surface area contributed by atoms with E-state index in [9.17, 15) is 8.42 Å². The Morgan fingerprint density at radius 2 is 2.11 bits per heavy atom. The van der Waals surface area contributed by atoms with Crippen LogP contribution in [0.25, 0.3) is 0 Å². The highest BCUT2D eigenvalue weighted by molar-refractivity contribution is 7.89. The van der Waals surface area contributed by atoms with E-state index in [-0.39, 0.29) is 0 Å². The average Bonchev–Trinajstić information content (AvgIpc) is 2.47. The Hall–Kier alpha value is -1.05. The molecule has 1 fully saturated rings. The number of hydrogen-bond donors (Lipinski definition) is 1. The quantitative estimate of drug-likeness (QED) is 0.871. The van der Waals surface area contributed by atoms with Crippen LogP contribution in [-0.4, -0.2) is 42.3 Å². The molecule has 0 radical (unpaired) electrons. The molecule has 2 heterocycles. The average molecular weight is 284 g/mol. The van der Waals surface area contributed by atoms with Crippen LogP contribution in [0.15, 0.2) is 18.6 Å². The van der Waals surface area contributed by atoms with E-state index in [1.807, 2.05) is 0 Å². The predicted octanol–water partition coefficient (Wildman–Crippen LogP) is 0.538. The van der Waals surface area contributed by atoms with Crippen LogP contribution < -0.4 is 5.73 Å². The van der Waals surface area contributed by atoms with E-state index in [0.29, 0.717) is 31.2 Å². The largest absolute Gasteiger partial charge is 0.330 e. The van der Waals surface area contributed by atoms with Gasteiger partial charge in [0.05, 0.1) is 5.69 Å². The van der Waals surface area contributed by atoms with Crippen LogP contribution in [0, 0.1) is 5.92 Å². The molecule has 0 bridgehead atoms. The molecule has 1 aromatic rings. The molecule has 2 rings (SSSR count). The molecule has 7 heteroatoms. The lowest BCUT2D eigenvalue weighted by atomic mass is 9.99. The van der Waals surface area contributed by atoms with E-state index in [1.165, 1.54) is 18.6 Å². The van der Waals surface area contributed by atoms with Crippen molar-refractivity contribution in [2.75, 3.05) is 19.6 Å². The number of nitrogens with two attached hydrogens (primary N) is 1. The second kappa shape index (κ2) is 5.94. The fourth-order valence-electron chi connectivity index (χ4n) is 2.30. The van der Waals surface area contributed by atoms with Crippen molar-refractivity contribution >= 4 is 10.0 Å². The Kier molecular flexibility index (Phi) is 4.49. The summed E-state index contributed by atoms with van der Waals surface area (Å²) in [5.41, 5.74) is 6.11. The van der Waals surface area contributed by atoms with Gasteiger partial charge in [0.1, 0.15) is 5.25 Å². The van der Waals surface area contributed by atoms with Gasteiger partial charge < -0.3 is 5.73 Å². The van der Waals surface area contributed by atoms with Crippen molar-refractivity contribution in [3.05, 3.63) is 24.3 Å². The highest BCUT2D eigenvalue weighted by Gasteiger charge is 2.33. The van der Waals surface area contributed by atoms with E-state index in [4.69, 9.17) is 5.73 Å². The SMILES string of the molecule is CC(c1cnccn1)S(=O)(=O)N1CCC(CN)CC1. The molecule has 1 aliphatic heterocycles. The fraction of sp³-hybridized carbons (Fsp3) is 0.667. The first kappa shape index (κ1) is 14.4. The molecular formula is C12H20N4O2S. The molecule has 1 saturated heterocycles. The van der Waals surface area contributed by atoms with Gasteiger partial charge in [0, 0.05) is 31.7 Å². The van der Waals surface area contributed by atoms with Crippen molar-refractivity contribution in [1.82, 2.24) is 14.3 Å². The molecule has 1 atom stereocenters. The van der Waals surface area contributed by atoms with Gasteiger partial charge in [-0.15, -0.1) is 0 Å². The summed E-state index contributed by atoms with van der Waals surface area (Å²) in [4.78, 5) is 8.01. The summed E-state index contributed by atoms with van der Waals surface area (Å²) in [6.07, 6.45) is 6.23. The van der Waals surface area contributed by atoms with Gasteiger partial charge in [-0.1, -0.05) is 0 Å². The van der Waals surface area contributed by atoms with Gasteiger partial charge in [-0.2, -0.15) is 0 Å². The number of rotatable bonds is 4. The zero-order chi connectivity index (χ0) is 13.9. The van der Waals surface area contributed by atoms with Crippen LogP contribution in [0.1, 0.15) is 30.7 Å². The molecule has 0 aliphatic carbocycles. The highest BCUT2D eigenvalue weighted by Crippen LogP contribution is 2.27. The summed E-state index contributed by atoms with van der Waals surface area (Å²) in [7, 11) is -3.36. The zero-order valence-electron chi connectivity index (χ0n) is 11.1. The second-order valence-electron chi connectivity index (χ2n) is 4.90. The van der Waals surface area contributed by atoms with E-state index in [1.54, 1.807) is 11.2 Å². The van der Waals surface area contributed by atoms with Crippen LogP contribution in [-0.2, 0) is 10.0 Å². The lowest BCUT2D eigenvalue weighted by molar-refractivity contribution is 0.276.